The number of allylic oxidation sites excluding steroid dienone is 2. The van der Waals surface area contributed by atoms with Crippen molar-refractivity contribution >= 4 is 5.78 Å². The Kier molecular flexibility index (Phi) is 2.47. The molecule has 0 unspecified atom stereocenters. The van der Waals surface area contributed by atoms with Crippen LogP contribution in [0, 0.1) is 0 Å². The maximum absolute atomic E-state index is 11.2. The molecule has 0 aromatic carbocycles. The molecule has 0 saturated carbocycles. The largest absolute Gasteiger partial charge is 0.490 e. The predicted molar refractivity (Wildman–Crippen MR) is 43.1 cm³/mol. The van der Waals surface area contributed by atoms with Crippen molar-refractivity contribution in [2.24, 2.45) is 0 Å². The van der Waals surface area contributed by atoms with Gasteiger partial charge in [-0.15, -0.1) is 0 Å². The summed E-state index contributed by atoms with van der Waals surface area (Å²) in [5.41, 5.74) is 1.01. The minimum Gasteiger partial charge on any atom is -0.490 e. The van der Waals surface area contributed by atoms with Gasteiger partial charge in [0.25, 0.3) is 0 Å². The van der Waals surface area contributed by atoms with Gasteiger partial charge in [0.15, 0.2) is 5.76 Å². The van der Waals surface area contributed by atoms with Gasteiger partial charge in [0, 0.05) is 6.42 Å². The SMILES string of the molecule is CC(C)=CC(=O)C1=CCCO1. The molecule has 2 nitrogen and oxygen atoms in total. The van der Waals surface area contributed by atoms with E-state index in [2.05, 4.69) is 0 Å². The number of hydrogen-bond donors (Lipinski definition) is 0. The molecule has 0 atom stereocenters. The van der Waals surface area contributed by atoms with Crippen molar-refractivity contribution in [1.29, 1.82) is 0 Å². The number of carbonyl (C=O) groups excluding carboxylic acids is 1. The molecule has 0 aliphatic carbocycles. The predicted octanol–water partition coefficient (Wildman–Crippen LogP) is 1.83. The Morgan fingerprint density at radius 3 is 2.82 bits per heavy atom. The highest BCUT2D eigenvalue weighted by Crippen LogP contribution is 2.11. The fourth-order valence-electron chi connectivity index (χ4n) is 0.923. The van der Waals surface area contributed by atoms with E-state index in [4.69, 9.17) is 4.74 Å². The van der Waals surface area contributed by atoms with Gasteiger partial charge in [0.05, 0.1) is 6.61 Å². The summed E-state index contributed by atoms with van der Waals surface area (Å²) in [6.45, 7) is 4.44. The fourth-order valence-corrected chi connectivity index (χ4v) is 0.923. The van der Waals surface area contributed by atoms with Gasteiger partial charge >= 0.3 is 0 Å². The van der Waals surface area contributed by atoms with Crippen molar-refractivity contribution in [3.8, 4) is 0 Å². The summed E-state index contributed by atoms with van der Waals surface area (Å²) in [6.07, 6.45) is 4.29. The van der Waals surface area contributed by atoms with Gasteiger partial charge in [-0.3, -0.25) is 4.79 Å². The molecule has 11 heavy (non-hydrogen) atoms. The lowest BCUT2D eigenvalue weighted by molar-refractivity contribution is -0.114. The number of rotatable bonds is 2. The van der Waals surface area contributed by atoms with Gasteiger partial charge < -0.3 is 4.74 Å². The van der Waals surface area contributed by atoms with Crippen LogP contribution in [0.1, 0.15) is 20.3 Å². The molecule has 60 valence electrons. The van der Waals surface area contributed by atoms with Crippen molar-refractivity contribution in [1.82, 2.24) is 0 Å². The van der Waals surface area contributed by atoms with Crippen LogP contribution in [0.15, 0.2) is 23.5 Å². The Labute approximate surface area is 66.5 Å². The van der Waals surface area contributed by atoms with E-state index in [1.54, 1.807) is 6.08 Å². The molecule has 1 rings (SSSR count). The third kappa shape index (κ3) is 2.22. The van der Waals surface area contributed by atoms with Gasteiger partial charge in [-0.25, -0.2) is 0 Å². The monoisotopic (exact) mass is 152 g/mol. The highest BCUT2D eigenvalue weighted by atomic mass is 16.5. The number of ether oxygens (including phenoxy) is 1. The molecule has 0 N–H and O–H groups in total. The second-order valence-corrected chi connectivity index (χ2v) is 2.79. The summed E-state index contributed by atoms with van der Waals surface area (Å²) in [5, 5.41) is 0. The molecule has 0 amide bonds. The summed E-state index contributed by atoms with van der Waals surface area (Å²) in [5.74, 6) is 0.494. The molecule has 0 saturated heterocycles. The summed E-state index contributed by atoms with van der Waals surface area (Å²) in [4.78, 5) is 11.2. The zero-order valence-electron chi connectivity index (χ0n) is 6.89. The standard InChI is InChI=1S/C9H12O2/c1-7(2)6-8(10)9-4-3-5-11-9/h4,6H,3,5H2,1-2H3. The van der Waals surface area contributed by atoms with Crippen molar-refractivity contribution in [2.75, 3.05) is 6.61 Å². The second kappa shape index (κ2) is 3.37. The van der Waals surface area contributed by atoms with Crippen molar-refractivity contribution in [3.63, 3.8) is 0 Å². The number of hydrogen-bond acceptors (Lipinski definition) is 2. The maximum atomic E-state index is 11.2. The molecule has 1 heterocycles. The van der Waals surface area contributed by atoms with Crippen LogP contribution in [0.3, 0.4) is 0 Å². The van der Waals surface area contributed by atoms with E-state index in [-0.39, 0.29) is 5.78 Å². The first-order valence-electron chi connectivity index (χ1n) is 3.72. The normalized spacial score (nSPS) is 15.3. The van der Waals surface area contributed by atoms with Crippen molar-refractivity contribution in [3.05, 3.63) is 23.5 Å². The molecule has 0 aromatic heterocycles. The number of ketones is 1. The lowest BCUT2D eigenvalue weighted by Crippen LogP contribution is -1.99. The molecule has 0 radical (unpaired) electrons. The van der Waals surface area contributed by atoms with E-state index < -0.39 is 0 Å². The molecule has 0 fully saturated rings. The minimum absolute atomic E-state index is 0.0116. The second-order valence-electron chi connectivity index (χ2n) is 2.79. The molecular formula is C9H12O2. The lowest BCUT2D eigenvalue weighted by Gasteiger charge is -1.97. The summed E-state index contributed by atoms with van der Waals surface area (Å²) in [7, 11) is 0. The summed E-state index contributed by atoms with van der Waals surface area (Å²) in [6, 6.07) is 0. The van der Waals surface area contributed by atoms with Crippen molar-refractivity contribution < 1.29 is 9.53 Å². The van der Waals surface area contributed by atoms with Gasteiger partial charge in [-0.1, -0.05) is 5.57 Å². The third-order valence-electron chi connectivity index (χ3n) is 1.37. The Hall–Kier alpha value is -1.05. The smallest absolute Gasteiger partial charge is 0.219 e. The van der Waals surface area contributed by atoms with E-state index in [9.17, 15) is 4.79 Å². The Balaban J connectivity index is 2.61. The zero-order chi connectivity index (χ0) is 8.27. The van der Waals surface area contributed by atoms with Crippen LogP contribution in [-0.2, 0) is 9.53 Å². The Bertz CT molecular complexity index is 220. The molecule has 2 heteroatoms. The average molecular weight is 152 g/mol. The lowest BCUT2D eigenvalue weighted by atomic mass is 10.2. The fraction of sp³-hybridized carbons (Fsp3) is 0.444. The molecule has 0 aromatic rings. The molecule has 1 aliphatic rings. The van der Waals surface area contributed by atoms with Crippen LogP contribution in [0.25, 0.3) is 0 Å². The number of carbonyl (C=O) groups is 1. The van der Waals surface area contributed by atoms with Crippen LogP contribution in [0.2, 0.25) is 0 Å². The molecular weight excluding hydrogens is 140 g/mol. The highest BCUT2D eigenvalue weighted by molar-refractivity contribution is 6.02. The van der Waals surface area contributed by atoms with E-state index in [1.165, 1.54) is 0 Å². The average Bonchev–Trinajstić information content (AvgIpc) is 2.35. The molecule has 0 bridgehead atoms. The van der Waals surface area contributed by atoms with E-state index in [0.717, 1.165) is 12.0 Å². The van der Waals surface area contributed by atoms with Crippen molar-refractivity contribution in [2.45, 2.75) is 20.3 Å². The Morgan fingerprint density at radius 2 is 2.36 bits per heavy atom. The molecule has 1 aliphatic heterocycles. The topological polar surface area (TPSA) is 26.3 Å². The summed E-state index contributed by atoms with van der Waals surface area (Å²) < 4.78 is 5.08. The van der Waals surface area contributed by atoms with Crippen LogP contribution >= 0.6 is 0 Å². The van der Waals surface area contributed by atoms with Crippen LogP contribution in [0.5, 0.6) is 0 Å². The van der Waals surface area contributed by atoms with E-state index in [1.807, 2.05) is 19.9 Å². The zero-order valence-corrected chi connectivity index (χ0v) is 6.89. The first kappa shape index (κ1) is 8.05. The van der Waals surface area contributed by atoms with Crippen LogP contribution < -0.4 is 0 Å². The van der Waals surface area contributed by atoms with E-state index in [0.29, 0.717) is 12.4 Å². The maximum Gasteiger partial charge on any atom is 0.219 e. The molecule has 0 spiro atoms. The highest BCUT2D eigenvalue weighted by Gasteiger charge is 2.11. The van der Waals surface area contributed by atoms with Gasteiger partial charge in [0.1, 0.15) is 0 Å². The summed E-state index contributed by atoms with van der Waals surface area (Å²) >= 11 is 0. The Morgan fingerprint density at radius 1 is 1.64 bits per heavy atom. The third-order valence-corrected chi connectivity index (χ3v) is 1.37. The minimum atomic E-state index is -0.0116. The quantitative estimate of drug-likeness (QED) is 0.564. The van der Waals surface area contributed by atoms with Crippen LogP contribution in [-0.4, -0.2) is 12.4 Å². The van der Waals surface area contributed by atoms with E-state index >= 15 is 0 Å². The van der Waals surface area contributed by atoms with Gasteiger partial charge in [0.2, 0.25) is 5.78 Å². The first-order valence-corrected chi connectivity index (χ1v) is 3.72. The first-order chi connectivity index (χ1) is 5.20. The van der Waals surface area contributed by atoms with Crippen LogP contribution in [0.4, 0.5) is 0 Å². The van der Waals surface area contributed by atoms with Gasteiger partial charge in [-0.2, -0.15) is 0 Å². The van der Waals surface area contributed by atoms with Gasteiger partial charge in [-0.05, 0) is 26.0 Å².